The van der Waals surface area contributed by atoms with Gasteiger partial charge >= 0.3 is 0 Å². The molecule has 0 bridgehead atoms. The molecule has 0 saturated carbocycles. The monoisotopic (exact) mass is 385 g/mol. The van der Waals surface area contributed by atoms with Gasteiger partial charge in [-0.05, 0) is 38.5 Å². The summed E-state index contributed by atoms with van der Waals surface area (Å²) in [5.41, 5.74) is 3.27. The molecule has 0 fully saturated rings. The van der Waals surface area contributed by atoms with Crippen LogP contribution in [-0.4, -0.2) is 28.6 Å². The van der Waals surface area contributed by atoms with Gasteiger partial charge in [0.1, 0.15) is 17.3 Å². The fraction of sp³-hybridized carbons (Fsp3) is 0.350. The highest BCUT2D eigenvalue weighted by molar-refractivity contribution is 5.59. The lowest BCUT2D eigenvalue weighted by Crippen LogP contribution is -2.25. The lowest BCUT2D eigenvalue weighted by atomic mass is 10.2. The van der Waals surface area contributed by atoms with Crippen LogP contribution in [0.25, 0.3) is 0 Å². The molecule has 0 spiro atoms. The van der Waals surface area contributed by atoms with E-state index in [2.05, 4.69) is 20.3 Å². The van der Waals surface area contributed by atoms with E-state index < -0.39 is 0 Å². The number of nitrogens with one attached hydrogen (secondary N) is 1. The van der Waals surface area contributed by atoms with Crippen LogP contribution in [0, 0.1) is 19.7 Å². The quantitative estimate of drug-likeness (QED) is 0.624. The maximum atomic E-state index is 13.5. The Morgan fingerprint density at radius 2 is 2.07 bits per heavy atom. The SMILES string of the molecule is CCN(Cc1cccc(F)c1)c1nc(C)c(C)c(Nc2ocnc2COC)n1. The second-order valence-corrected chi connectivity index (χ2v) is 6.41. The van der Waals surface area contributed by atoms with Crippen molar-refractivity contribution in [2.24, 2.45) is 0 Å². The molecule has 0 atom stereocenters. The summed E-state index contributed by atoms with van der Waals surface area (Å²) in [4.78, 5) is 15.4. The van der Waals surface area contributed by atoms with Gasteiger partial charge in [-0.1, -0.05) is 12.1 Å². The van der Waals surface area contributed by atoms with Crippen molar-refractivity contribution in [3.05, 3.63) is 59.0 Å². The number of halogens is 1. The minimum Gasteiger partial charge on any atom is -0.427 e. The van der Waals surface area contributed by atoms with E-state index in [9.17, 15) is 4.39 Å². The molecule has 0 aliphatic rings. The Hall–Kier alpha value is -3.00. The summed E-state index contributed by atoms with van der Waals surface area (Å²) in [7, 11) is 1.60. The molecule has 1 aromatic carbocycles. The standard InChI is InChI=1S/C20H24FN5O2/c1-5-26(10-15-7-6-8-16(21)9-15)20-23-14(3)13(2)18(25-20)24-19-17(11-27-4)22-12-28-19/h6-9,12H,5,10-11H2,1-4H3,(H,23,24,25). The highest BCUT2D eigenvalue weighted by atomic mass is 19.1. The fourth-order valence-electron chi connectivity index (χ4n) is 2.77. The summed E-state index contributed by atoms with van der Waals surface area (Å²) in [6.45, 7) is 7.39. The van der Waals surface area contributed by atoms with Crippen LogP contribution < -0.4 is 10.2 Å². The molecule has 3 rings (SSSR count). The topological polar surface area (TPSA) is 76.3 Å². The zero-order valence-electron chi connectivity index (χ0n) is 16.5. The largest absolute Gasteiger partial charge is 0.427 e. The third-order valence-corrected chi connectivity index (χ3v) is 4.46. The lowest BCUT2D eigenvalue weighted by molar-refractivity contribution is 0.182. The molecule has 1 N–H and O–H groups in total. The number of anilines is 3. The number of nitrogens with zero attached hydrogens (tertiary/aromatic N) is 4. The predicted molar refractivity (Wildman–Crippen MR) is 105 cm³/mol. The molecule has 0 saturated heterocycles. The maximum Gasteiger partial charge on any atom is 0.227 e. The van der Waals surface area contributed by atoms with Crippen molar-refractivity contribution < 1.29 is 13.5 Å². The molecule has 0 aliphatic carbocycles. The van der Waals surface area contributed by atoms with Crippen molar-refractivity contribution in [2.75, 3.05) is 23.9 Å². The Morgan fingerprint density at radius 3 is 2.79 bits per heavy atom. The summed E-state index contributed by atoms with van der Waals surface area (Å²) >= 11 is 0. The summed E-state index contributed by atoms with van der Waals surface area (Å²) in [6.07, 6.45) is 1.36. The maximum absolute atomic E-state index is 13.5. The molecule has 28 heavy (non-hydrogen) atoms. The molecular formula is C20H24FN5O2. The van der Waals surface area contributed by atoms with E-state index in [1.165, 1.54) is 18.5 Å². The molecule has 0 aliphatic heterocycles. The van der Waals surface area contributed by atoms with Gasteiger partial charge in [0.15, 0.2) is 6.39 Å². The number of aromatic nitrogens is 3. The first-order valence-corrected chi connectivity index (χ1v) is 9.04. The van der Waals surface area contributed by atoms with Gasteiger partial charge < -0.3 is 19.4 Å². The summed E-state index contributed by atoms with van der Waals surface area (Å²) in [5, 5.41) is 3.19. The van der Waals surface area contributed by atoms with Gasteiger partial charge in [0, 0.05) is 31.5 Å². The summed E-state index contributed by atoms with van der Waals surface area (Å²) < 4.78 is 24.1. The molecule has 0 radical (unpaired) electrons. The Morgan fingerprint density at radius 1 is 1.25 bits per heavy atom. The first kappa shape index (κ1) is 19.8. The van der Waals surface area contributed by atoms with E-state index in [4.69, 9.17) is 9.15 Å². The van der Waals surface area contributed by atoms with E-state index in [0.29, 0.717) is 43.0 Å². The molecule has 8 heteroatoms. The average molecular weight is 385 g/mol. The molecule has 2 heterocycles. The molecule has 148 valence electrons. The normalized spacial score (nSPS) is 10.9. The molecule has 3 aromatic rings. The van der Waals surface area contributed by atoms with Crippen LogP contribution in [0.3, 0.4) is 0 Å². The predicted octanol–water partition coefficient (Wildman–Crippen LogP) is 4.14. The summed E-state index contributed by atoms with van der Waals surface area (Å²) in [5.74, 6) is 1.43. The Bertz CT molecular complexity index is 944. The van der Waals surface area contributed by atoms with Gasteiger partial charge in [0.05, 0.1) is 6.61 Å². The number of hydrogen-bond donors (Lipinski definition) is 1. The van der Waals surface area contributed by atoms with E-state index in [1.807, 2.05) is 31.7 Å². The second kappa shape index (κ2) is 8.79. The zero-order chi connectivity index (χ0) is 20.1. The smallest absolute Gasteiger partial charge is 0.227 e. The van der Waals surface area contributed by atoms with Crippen LogP contribution in [0.1, 0.15) is 29.4 Å². The van der Waals surface area contributed by atoms with E-state index >= 15 is 0 Å². The van der Waals surface area contributed by atoms with Crippen LogP contribution in [0.5, 0.6) is 0 Å². The highest BCUT2D eigenvalue weighted by Gasteiger charge is 2.16. The van der Waals surface area contributed by atoms with Crippen LogP contribution in [-0.2, 0) is 17.9 Å². The van der Waals surface area contributed by atoms with Crippen molar-refractivity contribution in [1.82, 2.24) is 15.0 Å². The summed E-state index contributed by atoms with van der Waals surface area (Å²) in [6, 6.07) is 6.54. The van der Waals surface area contributed by atoms with Crippen LogP contribution >= 0.6 is 0 Å². The molecular weight excluding hydrogens is 361 g/mol. The van der Waals surface area contributed by atoms with E-state index in [0.717, 1.165) is 16.8 Å². The van der Waals surface area contributed by atoms with Gasteiger partial charge in [-0.3, -0.25) is 0 Å². The van der Waals surface area contributed by atoms with Gasteiger partial charge in [-0.2, -0.15) is 4.98 Å². The van der Waals surface area contributed by atoms with Gasteiger partial charge in [-0.25, -0.2) is 14.4 Å². The Labute approximate surface area is 163 Å². The Kier molecular flexibility index (Phi) is 6.20. The Balaban J connectivity index is 1.90. The minimum atomic E-state index is -0.257. The van der Waals surface area contributed by atoms with E-state index in [1.54, 1.807) is 13.2 Å². The number of ether oxygens (including phenoxy) is 1. The van der Waals surface area contributed by atoms with Crippen LogP contribution in [0.4, 0.5) is 22.0 Å². The molecule has 0 amide bonds. The third-order valence-electron chi connectivity index (χ3n) is 4.46. The first-order chi connectivity index (χ1) is 13.5. The number of methoxy groups -OCH3 is 1. The fourth-order valence-corrected chi connectivity index (χ4v) is 2.77. The number of oxazole rings is 1. The van der Waals surface area contributed by atoms with Gasteiger partial charge in [0.2, 0.25) is 11.8 Å². The minimum absolute atomic E-state index is 0.257. The van der Waals surface area contributed by atoms with Crippen molar-refractivity contribution in [1.29, 1.82) is 0 Å². The molecule has 7 nitrogen and oxygen atoms in total. The van der Waals surface area contributed by atoms with Crippen molar-refractivity contribution >= 4 is 17.7 Å². The van der Waals surface area contributed by atoms with Crippen LogP contribution in [0.2, 0.25) is 0 Å². The third kappa shape index (κ3) is 4.45. The van der Waals surface area contributed by atoms with Gasteiger partial charge in [0.25, 0.3) is 0 Å². The molecule has 2 aromatic heterocycles. The van der Waals surface area contributed by atoms with Gasteiger partial charge in [-0.15, -0.1) is 0 Å². The number of benzene rings is 1. The first-order valence-electron chi connectivity index (χ1n) is 9.04. The average Bonchev–Trinajstić information content (AvgIpc) is 3.10. The zero-order valence-corrected chi connectivity index (χ0v) is 16.5. The van der Waals surface area contributed by atoms with Crippen molar-refractivity contribution in [3.8, 4) is 0 Å². The number of hydrogen-bond acceptors (Lipinski definition) is 7. The van der Waals surface area contributed by atoms with E-state index in [-0.39, 0.29) is 5.82 Å². The number of rotatable bonds is 8. The van der Waals surface area contributed by atoms with Crippen molar-refractivity contribution in [2.45, 2.75) is 33.9 Å². The molecule has 0 unspecified atom stereocenters. The van der Waals surface area contributed by atoms with Crippen molar-refractivity contribution in [3.63, 3.8) is 0 Å². The number of aryl methyl sites for hydroxylation is 1. The van der Waals surface area contributed by atoms with Crippen LogP contribution in [0.15, 0.2) is 35.1 Å². The second-order valence-electron chi connectivity index (χ2n) is 6.41. The highest BCUT2D eigenvalue weighted by Crippen LogP contribution is 2.26. The lowest BCUT2D eigenvalue weighted by Gasteiger charge is -2.23.